The summed E-state index contributed by atoms with van der Waals surface area (Å²) in [6.45, 7) is 7.35. The normalized spacial score (nSPS) is 11.8. The van der Waals surface area contributed by atoms with E-state index < -0.39 is 10.7 Å². The molecule has 68 valence electrons. The van der Waals surface area contributed by atoms with Gasteiger partial charge in [0.05, 0.1) is 6.07 Å². The van der Waals surface area contributed by atoms with Crippen LogP contribution in [0.3, 0.4) is 0 Å². The number of carbonyl (C=O) groups excluding carboxylic acids is 1. The zero-order valence-electron chi connectivity index (χ0n) is 7.89. The van der Waals surface area contributed by atoms with Gasteiger partial charge >= 0.3 is 0 Å². The molecule has 0 saturated carbocycles. The summed E-state index contributed by atoms with van der Waals surface area (Å²) in [7, 11) is 0. The summed E-state index contributed by atoms with van der Waals surface area (Å²) in [5, 5.41) is 8.39. The Morgan fingerprint density at radius 1 is 1.33 bits per heavy atom. The minimum atomic E-state index is -1.03. The van der Waals surface area contributed by atoms with Gasteiger partial charge in [-0.25, -0.2) is 0 Å². The molecule has 0 unspecified atom stereocenters. The Bertz CT molecular complexity index is 207. The van der Waals surface area contributed by atoms with Crippen LogP contribution in [0.2, 0.25) is 0 Å². The quantitative estimate of drug-likeness (QED) is 0.638. The van der Waals surface area contributed by atoms with Crippen molar-refractivity contribution < 1.29 is 4.79 Å². The van der Waals surface area contributed by atoms with Gasteiger partial charge in [-0.05, 0) is 23.4 Å². The number of carbonyl (C=O) groups is 1. The van der Waals surface area contributed by atoms with Crippen LogP contribution in [0, 0.1) is 28.6 Å². The van der Waals surface area contributed by atoms with Crippen molar-refractivity contribution in [2.24, 2.45) is 17.3 Å². The van der Waals surface area contributed by atoms with Gasteiger partial charge in [-0.15, -0.1) is 0 Å². The van der Waals surface area contributed by atoms with Crippen LogP contribution in [0.4, 0.5) is 0 Å². The molecular weight excluding hydrogens is 174 g/mol. The molecule has 0 aliphatic rings. The van der Waals surface area contributed by atoms with E-state index in [-0.39, 0.29) is 11.8 Å². The second-order valence-electron chi connectivity index (χ2n) is 3.56. The molecule has 0 rings (SSSR count). The molecule has 0 amide bonds. The van der Waals surface area contributed by atoms with Gasteiger partial charge in [0.2, 0.25) is 5.24 Å². The number of halogens is 1. The maximum absolute atomic E-state index is 11.1. The summed E-state index contributed by atoms with van der Waals surface area (Å²) >= 11 is 5.43. The van der Waals surface area contributed by atoms with Crippen molar-refractivity contribution in [3.8, 4) is 6.07 Å². The Kier molecular flexibility index (Phi) is 3.73. The van der Waals surface area contributed by atoms with Gasteiger partial charge in [0.25, 0.3) is 0 Å². The Hall–Kier alpha value is -0.550. The number of hydrogen-bond acceptors (Lipinski definition) is 2. The molecule has 12 heavy (non-hydrogen) atoms. The molecule has 2 nitrogen and oxygen atoms in total. The molecule has 0 bridgehead atoms. The van der Waals surface area contributed by atoms with Crippen molar-refractivity contribution in [1.29, 1.82) is 5.26 Å². The van der Waals surface area contributed by atoms with Crippen molar-refractivity contribution >= 4 is 16.8 Å². The lowest BCUT2D eigenvalue weighted by Gasteiger charge is -2.30. The maximum atomic E-state index is 11.1. The lowest BCUT2D eigenvalue weighted by molar-refractivity contribution is -0.121. The van der Waals surface area contributed by atoms with Gasteiger partial charge in [0.1, 0.15) is 5.41 Å². The third kappa shape index (κ3) is 1.61. The lowest BCUT2D eigenvalue weighted by Crippen LogP contribution is -2.37. The number of rotatable bonds is 3. The molecule has 0 aromatic heterocycles. The van der Waals surface area contributed by atoms with Gasteiger partial charge in [-0.3, -0.25) is 4.79 Å². The Morgan fingerprint density at radius 2 is 1.67 bits per heavy atom. The van der Waals surface area contributed by atoms with Gasteiger partial charge < -0.3 is 0 Å². The highest BCUT2D eigenvalue weighted by atomic mass is 35.5. The highest BCUT2D eigenvalue weighted by Crippen LogP contribution is 2.37. The zero-order chi connectivity index (χ0) is 9.94. The van der Waals surface area contributed by atoms with Gasteiger partial charge in [0, 0.05) is 0 Å². The Labute approximate surface area is 78.5 Å². The summed E-state index contributed by atoms with van der Waals surface area (Å²) in [4.78, 5) is 11.1. The molecular formula is C9H14ClNO. The van der Waals surface area contributed by atoms with E-state index >= 15 is 0 Å². The number of nitrogens with zero attached hydrogens (tertiary/aromatic N) is 1. The molecule has 0 atom stereocenters. The predicted molar refractivity (Wildman–Crippen MR) is 48.6 cm³/mol. The molecule has 0 spiro atoms. The van der Waals surface area contributed by atoms with E-state index in [2.05, 4.69) is 0 Å². The molecule has 0 fully saturated rings. The molecule has 3 heteroatoms. The van der Waals surface area contributed by atoms with Gasteiger partial charge in [0.15, 0.2) is 0 Å². The average molecular weight is 188 g/mol. The van der Waals surface area contributed by atoms with Crippen molar-refractivity contribution in [3.63, 3.8) is 0 Å². The smallest absolute Gasteiger partial charge is 0.242 e. The number of nitriles is 1. The first-order chi connectivity index (χ1) is 5.39. The van der Waals surface area contributed by atoms with Crippen LogP contribution in [-0.2, 0) is 4.79 Å². The fourth-order valence-electron chi connectivity index (χ4n) is 1.42. The van der Waals surface area contributed by atoms with Crippen LogP contribution in [-0.4, -0.2) is 5.24 Å². The second kappa shape index (κ2) is 3.91. The standard InChI is InChI=1S/C9H14ClNO/c1-6(2)9(5-11,7(3)4)8(10)12/h6-7H,1-4H3. The zero-order valence-corrected chi connectivity index (χ0v) is 8.64. The molecule has 0 radical (unpaired) electrons. The molecule has 0 aliphatic carbocycles. The van der Waals surface area contributed by atoms with Crippen molar-refractivity contribution in [3.05, 3.63) is 0 Å². The second-order valence-corrected chi connectivity index (χ2v) is 3.91. The van der Waals surface area contributed by atoms with E-state index in [1.165, 1.54) is 0 Å². The Morgan fingerprint density at radius 3 is 1.67 bits per heavy atom. The molecule has 0 aromatic rings. The minimum Gasteiger partial charge on any atom is -0.279 e. The molecule has 0 saturated heterocycles. The van der Waals surface area contributed by atoms with Crippen LogP contribution in [0.1, 0.15) is 27.7 Å². The van der Waals surface area contributed by atoms with Crippen LogP contribution >= 0.6 is 11.6 Å². The Balaban J connectivity index is 5.08. The first-order valence-corrected chi connectivity index (χ1v) is 4.38. The summed E-state index contributed by atoms with van der Waals surface area (Å²) < 4.78 is 0. The molecule has 0 aromatic carbocycles. The average Bonchev–Trinajstić information content (AvgIpc) is 1.86. The molecule has 0 N–H and O–H groups in total. The fourth-order valence-corrected chi connectivity index (χ4v) is 1.90. The van der Waals surface area contributed by atoms with E-state index in [9.17, 15) is 4.79 Å². The van der Waals surface area contributed by atoms with Crippen molar-refractivity contribution in [2.45, 2.75) is 27.7 Å². The maximum Gasteiger partial charge on any atom is 0.242 e. The fraction of sp³-hybridized carbons (Fsp3) is 0.778. The SMILES string of the molecule is CC(C)C(C#N)(C(=O)Cl)C(C)C. The van der Waals surface area contributed by atoms with E-state index in [4.69, 9.17) is 16.9 Å². The predicted octanol–water partition coefficient (Wildman–Crippen LogP) is 2.57. The third-order valence-corrected chi connectivity index (χ3v) is 2.64. The van der Waals surface area contributed by atoms with Crippen molar-refractivity contribution in [1.82, 2.24) is 0 Å². The summed E-state index contributed by atoms with van der Waals surface area (Å²) in [5.74, 6) is -0.0972. The van der Waals surface area contributed by atoms with Gasteiger partial charge in [-0.1, -0.05) is 27.7 Å². The van der Waals surface area contributed by atoms with Crippen LogP contribution in [0.15, 0.2) is 0 Å². The third-order valence-electron chi connectivity index (χ3n) is 2.33. The first-order valence-electron chi connectivity index (χ1n) is 4.00. The molecule has 0 aliphatic heterocycles. The van der Waals surface area contributed by atoms with Crippen molar-refractivity contribution in [2.75, 3.05) is 0 Å². The molecule has 0 heterocycles. The largest absolute Gasteiger partial charge is 0.279 e. The summed E-state index contributed by atoms with van der Waals surface area (Å²) in [6, 6.07) is 2.03. The minimum absolute atomic E-state index is 0.0486. The topological polar surface area (TPSA) is 40.9 Å². The van der Waals surface area contributed by atoms with Gasteiger partial charge in [-0.2, -0.15) is 5.26 Å². The van der Waals surface area contributed by atoms with E-state index in [1.807, 2.05) is 33.8 Å². The van der Waals surface area contributed by atoms with E-state index in [0.717, 1.165) is 0 Å². The van der Waals surface area contributed by atoms with E-state index in [0.29, 0.717) is 0 Å². The van der Waals surface area contributed by atoms with Crippen LogP contribution in [0.5, 0.6) is 0 Å². The summed E-state index contributed by atoms with van der Waals surface area (Å²) in [5.41, 5.74) is -1.03. The van der Waals surface area contributed by atoms with E-state index in [1.54, 1.807) is 0 Å². The number of hydrogen-bond donors (Lipinski definition) is 0. The highest BCUT2D eigenvalue weighted by molar-refractivity contribution is 6.65. The summed E-state index contributed by atoms with van der Waals surface area (Å²) in [6.07, 6.45) is 0. The van der Waals surface area contributed by atoms with Crippen LogP contribution < -0.4 is 0 Å². The van der Waals surface area contributed by atoms with Crippen LogP contribution in [0.25, 0.3) is 0 Å². The first kappa shape index (κ1) is 11.4. The lowest BCUT2D eigenvalue weighted by atomic mass is 9.71. The highest BCUT2D eigenvalue weighted by Gasteiger charge is 2.43. The monoisotopic (exact) mass is 187 g/mol.